The number of nitrogens with zero attached hydrogens (tertiary/aromatic N) is 3. The summed E-state index contributed by atoms with van der Waals surface area (Å²) in [6.45, 7) is 5.31. The highest BCUT2D eigenvalue weighted by atomic mass is 35.5. The highest BCUT2D eigenvalue weighted by Gasteiger charge is 2.22. The third-order valence-electron chi connectivity index (χ3n) is 4.46. The van der Waals surface area contributed by atoms with Gasteiger partial charge in [0.05, 0.1) is 0 Å². The van der Waals surface area contributed by atoms with Crippen molar-refractivity contribution in [3.05, 3.63) is 41.0 Å². The minimum absolute atomic E-state index is 0.584. The van der Waals surface area contributed by atoms with Crippen molar-refractivity contribution in [1.29, 1.82) is 0 Å². The minimum atomic E-state index is 0.584. The summed E-state index contributed by atoms with van der Waals surface area (Å²) in [6, 6.07) is 8.48. The zero-order valence-corrected chi connectivity index (χ0v) is 14.5. The average Bonchev–Trinajstić information content (AvgIpc) is 2.58. The van der Waals surface area contributed by atoms with Crippen LogP contribution in [0.2, 0.25) is 5.02 Å². The Morgan fingerprint density at radius 1 is 1.30 bits per heavy atom. The lowest BCUT2D eigenvalue weighted by molar-refractivity contribution is 0.447. The maximum absolute atomic E-state index is 6.18. The summed E-state index contributed by atoms with van der Waals surface area (Å²) in [5, 5.41) is 3.99. The fraction of sp³-hybridized carbons (Fsp3) is 0.444. The number of aromatic nitrogens is 2. The van der Waals surface area contributed by atoms with E-state index in [1.165, 1.54) is 19.3 Å². The number of piperidine rings is 1. The molecule has 2 heterocycles. The van der Waals surface area contributed by atoms with Crippen molar-refractivity contribution in [1.82, 2.24) is 9.97 Å². The zero-order valence-electron chi connectivity index (χ0n) is 13.7. The molecule has 1 unspecified atom stereocenters. The van der Waals surface area contributed by atoms with Crippen molar-refractivity contribution in [3.63, 3.8) is 0 Å². The van der Waals surface area contributed by atoms with Gasteiger partial charge in [-0.05, 0) is 56.4 Å². The first-order chi connectivity index (χ1) is 11.2. The van der Waals surface area contributed by atoms with E-state index in [2.05, 4.69) is 22.1 Å². The van der Waals surface area contributed by atoms with E-state index in [-0.39, 0.29) is 0 Å². The smallest absolute Gasteiger partial charge is 0.229 e. The highest BCUT2D eigenvalue weighted by Crippen LogP contribution is 2.26. The van der Waals surface area contributed by atoms with Gasteiger partial charge in [0.2, 0.25) is 5.95 Å². The van der Waals surface area contributed by atoms with Crippen LogP contribution in [-0.4, -0.2) is 22.6 Å². The summed E-state index contributed by atoms with van der Waals surface area (Å²) in [5.74, 6) is 1.62. The molecule has 1 aromatic heterocycles. The normalized spacial score (nSPS) is 18.0. The first kappa shape index (κ1) is 16.1. The van der Waals surface area contributed by atoms with Crippen LogP contribution in [-0.2, 0) is 0 Å². The molecule has 1 aliphatic rings. The second kappa shape index (κ2) is 7.18. The van der Waals surface area contributed by atoms with Gasteiger partial charge < -0.3 is 10.2 Å². The Morgan fingerprint density at radius 3 is 2.96 bits per heavy atom. The molecule has 5 heteroatoms. The SMILES string of the molecule is CCC1CCCCN1c1ccnc(Nc2ccc(C)c(Cl)c2)n1. The summed E-state index contributed by atoms with van der Waals surface area (Å²) < 4.78 is 0. The van der Waals surface area contributed by atoms with E-state index in [9.17, 15) is 0 Å². The van der Waals surface area contributed by atoms with Crippen molar-refractivity contribution in [2.24, 2.45) is 0 Å². The molecular weight excluding hydrogens is 308 g/mol. The van der Waals surface area contributed by atoms with Crippen LogP contribution in [0.4, 0.5) is 17.5 Å². The van der Waals surface area contributed by atoms with Gasteiger partial charge in [0.1, 0.15) is 5.82 Å². The first-order valence-corrected chi connectivity index (χ1v) is 8.68. The third kappa shape index (κ3) is 3.75. The van der Waals surface area contributed by atoms with E-state index in [0.717, 1.165) is 35.1 Å². The van der Waals surface area contributed by atoms with Gasteiger partial charge in [0.25, 0.3) is 0 Å². The van der Waals surface area contributed by atoms with Crippen LogP contribution in [0, 0.1) is 6.92 Å². The molecule has 4 nitrogen and oxygen atoms in total. The van der Waals surface area contributed by atoms with E-state index in [1.54, 1.807) is 0 Å². The molecule has 1 fully saturated rings. The number of anilines is 3. The van der Waals surface area contributed by atoms with Crippen molar-refractivity contribution in [3.8, 4) is 0 Å². The third-order valence-corrected chi connectivity index (χ3v) is 4.87. The van der Waals surface area contributed by atoms with Crippen LogP contribution < -0.4 is 10.2 Å². The number of rotatable bonds is 4. The molecule has 1 atom stereocenters. The molecule has 1 aliphatic heterocycles. The maximum Gasteiger partial charge on any atom is 0.229 e. The molecule has 1 aromatic carbocycles. The number of halogens is 1. The van der Waals surface area contributed by atoms with Crippen LogP contribution in [0.3, 0.4) is 0 Å². The van der Waals surface area contributed by atoms with Crippen molar-refractivity contribution < 1.29 is 0 Å². The standard InChI is InChI=1S/C18H23ClN4/c1-3-15-6-4-5-11-23(15)17-9-10-20-18(22-17)21-14-8-7-13(2)16(19)12-14/h7-10,12,15H,3-6,11H2,1-2H3,(H,20,21,22). The predicted octanol–water partition coefficient (Wildman–Crippen LogP) is 4.95. The van der Waals surface area contributed by atoms with Gasteiger partial charge in [-0.1, -0.05) is 24.6 Å². The fourth-order valence-electron chi connectivity index (χ4n) is 3.10. The summed E-state index contributed by atoms with van der Waals surface area (Å²) in [6.07, 6.45) is 6.77. The molecule has 0 aliphatic carbocycles. The topological polar surface area (TPSA) is 41.1 Å². The van der Waals surface area contributed by atoms with Crippen molar-refractivity contribution in [2.75, 3.05) is 16.8 Å². The Balaban J connectivity index is 1.80. The van der Waals surface area contributed by atoms with Crippen LogP contribution in [0.5, 0.6) is 0 Å². The maximum atomic E-state index is 6.18. The molecular formula is C18H23ClN4. The van der Waals surface area contributed by atoms with Crippen molar-refractivity contribution >= 4 is 29.1 Å². The molecule has 0 amide bonds. The predicted molar refractivity (Wildman–Crippen MR) is 96.8 cm³/mol. The van der Waals surface area contributed by atoms with E-state index in [1.807, 2.05) is 37.4 Å². The van der Waals surface area contributed by atoms with Gasteiger partial charge in [-0.3, -0.25) is 0 Å². The number of hydrogen-bond donors (Lipinski definition) is 1. The second-order valence-electron chi connectivity index (χ2n) is 6.08. The van der Waals surface area contributed by atoms with Crippen LogP contribution in [0.1, 0.15) is 38.2 Å². The van der Waals surface area contributed by atoms with E-state index >= 15 is 0 Å². The van der Waals surface area contributed by atoms with E-state index < -0.39 is 0 Å². The molecule has 23 heavy (non-hydrogen) atoms. The molecule has 1 saturated heterocycles. The molecule has 2 aromatic rings. The van der Waals surface area contributed by atoms with Crippen molar-refractivity contribution in [2.45, 2.75) is 45.6 Å². The first-order valence-electron chi connectivity index (χ1n) is 8.30. The Labute approximate surface area is 142 Å². The Kier molecular flexibility index (Phi) is 5.01. The summed E-state index contributed by atoms with van der Waals surface area (Å²) in [7, 11) is 0. The van der Waals surface area contributed by atoms with Gasteiger partial charge >= 0.3 is 0 Å². The minimum Gasteiger partial charge on any atom is -0.353 e. The summed E-state index contributed by atoms with van der Waals surface area (Å²) >= 11 is 6.18. The second-order valence-corrected chi connectivity index (χ2v) is 6.49. The molecule has 0 saturated carbocycles. The Hall–Kier alpha value is -1.81. The molecule has 3 rings (SSSR count). The number of nitrogens with one attached hydrogen (secondary N) is 1. The average molecular weight is 331 g/mol. The van der Waals surface area contributed by atoms with Gasteiger partial charge in [-0.25, -0.2) is 4.98 Å². The number of benzene rings is 1. The van der Waals surface area contributed by atoms with Gasteiger partial charge in [-0.15, -0.1) is 0 Å². The number of aryl methyl sites for hydroxylation is 1. The van der Waals surface area contributed by atoms with Crippen LogP contribution in [0.25, 0.3) is 0 Å². The largest absolute Gasteiger partial charge is 0.353 e. The van der Waals surface area contributed by atoms with Crippen LogP contribution in [0.15, 0.2) is 30.5 Å². The fourth-order valence-corrected chi connectivity index (χ4v) is 3.28. The van der Waals surface area contributed by atoms with E-state index in [4.69, 9.17) is 16.6 Å². The lowest BCUT2D eigenvalue weighted by Gasteiger charge is -2.36. The van der Waals surface area contributed by atoms with Gasteiger partial charge in [-0.2, -0.15) is 4.98 Å². The Bertz CT molecular complexity index is 674. The molecule has 1 N–H and O–H groups in total. The number of hydrogen-bond acceptors (Lipinski definition) is 4. The highest BCUT2D eigenvalue weighted by molar-refractivity contribution is 6.31. The molecule has 0 bridgehead atoms. The zero-order chi connectivity index (χ0) is 16.2. The summed E-state index contributed by atoms with van der Waals surface area (Å²) in [4.78, 5) is 11.5. The molecule has 122 valence electrons. The molecule has 0 spiro atoms. The lowest BCUT2D eigenvalue weighted by atomic mass is 10.0. The van der Waals surface area contributed by atoms with E-state index in [0.29, 0.717) is 12.0 Å². The van der Waals surface area contributed by atoms with Gasteiger partial charge in [0, 0.05) is 29.5 Å². The molecule has 0 radical (unpaired) electrons. The van der Waals surface area contributed by atoms with Gasteiger partial charge in [0.15, 0.2) is 0 Å². The monoisotopic (exact) mass is 330 g/mol. The van der Waals surface area contributed by atoms with Crippen LogP contribution >= 0.6 is 11.6 Å². The Morgan fingerprint density at radius 2 is 2.17 bits per heavy atom. The quantitative estimate of drug-likeness (QED) is 0.861. The lowest BCUT2D eigenvalue weighted by Crippen LogP contribution is -2.39. The summed E-state index contributed by atoms with van der Waals surface area (Å²) in [5.41, 5.74) is 1.97.